The van der Waals surface area contributed by atoms with Crippen molar-refractivity contribution in [1.29, 1.82) is 0 Å². The van der Waals surface area contributed by atoms with Gasteiger partial charge in [-0.1, -0.05) is 30.3 Å². The lowest BCUT2D eigenvalue weighted by molar-refractivity contribution is -0.122. The summed E-state index contributed by atoms with van der Waals surface area (Å²) in [4.78, 5) is 25.6. The second-order valence-corrected chi connectivity index (χ2v) is 5.32. The van der Waals surface area contributed by atoms with Gasteiger partial charge in [0.1, 0.15) is 17.2 Å². The summed E-state index contributed by atoms with van der Waals surface area (Å²) in [6, 6.07) is 11.2. The van der Waals surface area contributed by atoms with Gasteiger partial charge in [-0.15, -0.1) is 0 Å². The summed E-state index contributed by atoms with van der Waals surface area (Å²) in [6.07, 6.45) is 1.11. The molecule has 24 heavy (non-hydrogen) atoms. The zero-order valence-corrected chi connectivity index (χ0v) is 12.9. The Morgan fingerprint density at radius 2 is 1.58 bits per heavy atom. The molecule has 1 aliphatic rings. The average molecular weight is 344 g/mol. The van der Waals surface area contributed by atoms with E-state index in [1.165, 1.54) is 42.5 Å². The number of hydrogen-bond acceptors (Lipinski definition) is 3. The van der Waals surface area contributed by atoms with Gasteiger partial charge < -0.3 is 0 Å². The van der Waals surface area contributed by atoms with Crippen LogP contribution in [0.15, 0.2) is 54.1 Å². The van der Waals surface area contributed by atoms with E-state index < -0.39 is 23.4 Å². The lowest BCUT2D eigenvalue weighted by Gasteiger charge is -2.29. The van der Waals surface area contributed by atoms with Crippen molar-refractivity contribution in [2.75, 3.05) is 4.90 Å². The fourth-order valence-corrected chi connectivity index (χ4v) is 2.53. The molecule has 1 saturated heterocycles. The normalized spacial score (nSPS) is 16.5. The summed E-state index contributed by atoms with van der Waals surface area (Å²) in [7, 11) is 0. The highest BCUT2D eigenvalue weighted by atomic mass is 32.1. The first-order chi connectivity index (χ1) is 11.5. The van der Waals surface area contributed by atoms with Crippen molar-refractivity contribution < 1.29 is 18.4 Å². The molecule has 4 nitrogen and oxygen atoms in total. The molecule has 1 heterocycles. The third-order valence-electron chi connectivity index (χ3n) is 3.40. The van der Waals surface area contributed by atoms with E-state index in [0.717, 1.165) is 11.0 Å². The second-order valence-electron chi connectivity index (χ2n) is 4.93. The van der Waals surface area contributed by atoms with Crippen molar-refractivity contribution in [1.82, 2.24) is 5.32 Å². The summed E-state index contributed by atoms with van der Waals surface area (Å²) in [6.45, 7) is 0. The SMILES string of the molecule is O=C1NC(=S)N(c2ccccc2F)C(=O)/C1=C/c1ccccc1F. The van der Waals surface area contributed by atoms with Gasteiger partial charge in [0.15, 0.2) is 5.11 Å². The van der Waals surface area contributed by atoms with Gasteiger partial charge in [-0.2, -0.15) is 0 Å². The van der Waals surface area contributed by atoms with Crippen molar-refractivity contribution in [3.63, 3.8) is 0 Å². The first-order valence-electron chi connectivity index (χ1n) is 6.89. The summed E-state index contributed by atoms with van der Waals surface area (Å²) in [5, 5.41) is 2.08. The van der Waals surface area contributed by atoms with E-state index in [1.54, 1.807) is 6.07 Å². The van der Waals surface area contributed by atoms with Gasteiger partial charge in [0, 0.05) is 5.56 Å². The Hall–Kier alpha value is -2.93. The van der Waals surface area contributed by atoms with E-state index >= 15 is 0 Å². The van der Waals surface area contributed by atoms with Crippen LogP contribution in [0.1, 0.15) is 5.56 Å². The number of para-hydroxylation sites is 1. The molecule has 0 radical (unpaired) electrons. The molecule has 1 N–H and O–H groups in total. The molecule has 3 rings (SSSR count). The predicted molar refractivity (Wildman–Crippen MR) is 89.0 cm³/mol. The standard InChI is InChI=1S/C17H10F2N2O2S/c18-12-6-2-1-5-10(12)9-11-15(22)20-17(24)21(16(11)23)14-8-4-3-7-13(14)19/h1-9H,(H,20,22,24)/b11-9+. The summed E-state index contributed by atoms with van der Waals surface area (Å²) in [5.74, 6) is -2.84. The second kappa shape index (κ2) is 6.29. The van der Waals surface area contributed by atoms with E-state index in [-0.39, 0.29) is 21.9 Å². The number of rotatable bonds is 2. The number of nitrogens with zero attached hydrogens (tertiary/aromatic N) is 1. The molecule has 0 bridgehead atoms. The summed E-state index contributed by atoms with van der Waals surface area (Å²) >= 11 is 4.97. The summed E-state index contributed by atoms with van der Waals surface area (Å²) in [5.41, 5.74) is -0.360. The third kappa shape index (κ3) is 2.81. The highest BCUT2D eigenvalue weighted by molar-refractivity contribution is 7.80. The first kappa shape index (κ1) is 15.9. The van der Waals surface area contributed by atoms with Crippen LogP contribution in [0.2, 0.25) is 0 Å². The summed E-state index contributed by atoms with van der Waals surface area (Å²) < 4.78 is 27.8. The number of amides is 2. The molecule has 0 aromatic heterocycles. The van der Waals surface area contributed by atoms with E-state index in [0.29, 0.717) is 0 Å². The number of benzene rings is 2. The molecule has 0 spiro atoms. The number of nitrogens with one attached hydrogen (secondary N) is 1. The van der Waals surface area contributed by atoms with Gasteiger partial charge in [-0.25, -0.2) is 13.7 Å². The lowest BCUT2D eigenvalue weighted by atomic mass is 10.1. The minimum absolute atomic E-state index is 0.0669. The maximum atomic E-state index is 14.0. The van der Waals surface area contributed by atoms with Crippen molar-refractivity contribution in [2.24, 2.45) is 0 Å². The van der Waals surface area contributed by atoms with Gasteiger partial charge in [0.2, 0.25) is 0 Å². The molecule has 2 aromatic rings. The zero-order chi connectivity index (χ0) is 17.3. The molecule has 1 fully saturated rings. The number of carbonyl (C=O) groups is 2. The van der Waals surface area contributed by atoms with Crippen LogP contribution in [0.4, 0.5) is 14.5 Å². The van der Waals surface area contributed by atoms with Gasteiger partial charge in [0.05, 0.1) is 5.69 Å². The maximum Gasteiger partial charge on any atom is 0.270 e. The van der Waals surface area contributed by atoms with Crippen LogP contribution in [0.25, 0.3) is 6.08 Å². The molecule has 0 saturated carbocycles. The van der Waals surface area contributed by atoms with Crippen LogP contribution in [-0.4, -0.2) is 16.9 Å². The largest absolute Gasteiger partial charge is 0.298 e. The Morgan fingerprint density at radius 3 is 2.25 bits per heavy atom. The van der Waals surface area contributed by atoms with E-state index in [9.17, 15) is 18.4 Å². The molecule has 120 valence electrons. The van der Waals surface area contributed by atoms with E-state index in [4.69, 9.17) is 12.2 Å². The van der Waals surface area contributed by atoms with Gasteiger partial charge >= 0.3 is 0 Å². The molecular weight excluding hydrogens is 334 g/mol. The van der Waals surface area contributed by atoms with E-state index in [2.05, 4.69) is 5.32 Å². The number of hydrogen-bond donors (Lipinski definition) is 1. The van der Waals surface area contributed by atoms with Gasteiger partial charge in [0.25, 0.3) is 11.8 Å². The Morgan fingerprint density at radius 1 is 0.958 bits per heavy atom. The fourth-order valence-electron chi connectivity index (χ4n) is 2.26. The molecule has 0 atom stereocenters. The minimum atomic E-state index is -0.822. The predicted octanol–water partition coefficient (Wildman–Crippen LogP) is 2.80. The molecule has 0 aliphatic carbocycles. The maximum absolute atomic E-state index is 14.0. The Labute approximate surface area is 141 Å². The molecular formula is C17H10F2N2O2S. The molecule has 2 aromatic carbocycles. The monoisotopic (exact) mass is 344 g/mol. The molecule has 7 heteroatoms. The van der Waals surface area contributed by atoms with Crippen LogP contribution >= 0.6 is 12.2 Å². The zero-order valence-electron chi connectivity index (χ0n) is 12.1. The van der Waals surface area contributed by atoms with Gasteiger partial charge in [-0.3, -0.25) is 14.9 Å². The number of anilines is 1. The van der Waals surface area contributed by atoms with Crippen LogP contribution in [-0.2, 0) is 9.59 Å². The van der Waals surface area contributed by atoms with Crippen molar-refractivity contribution in [3.8, 4) is 0 Å². The average Bonchev–Trinajstić information content (AvgIpc) is 2.54. The van der Waals surface area contributed by atoms with Crippen LogP contribution in [0, 0.1) is 11.6 Å². The van der Waals surface area contributed by atoms with Crippen LogP contribution in [0.5, 0.6) is 0 Å². The topological polar surface area (TPSA) is 49.4 Å². The van der Waals surface area contributed by atoms with Crippen LogP contribution < -0.4 is 10.2 Å². The Kier molecular flexibility index (Phi) is 4.18. The fraction of sp³-hybridized carbons (Fsp3) is 0. The minimum Gasteiger partial charge on any atom is -0.298 e. The molecule has 1 aliphatic heterocycles. The molecule has 0 unspecified atom stereocenters. The molecule has 2 amide bonds. The van der Waals surface area contributed by atoms with E-state index in [1.807, 2.05) is 0 Å². The number of thiocarbonyl (C=S) groups is 1. The quantitative estimate of drug-likeness (QED) is 0.518. The van der Waals surface area contributed by atoms with Gasteiger partial charge in [-0.05, 0) is 36.5 Å². The smallest absolute Gasteiger partial charge is 0.270 e. The van der Waals surface area contributed by atoms with Crippen molar-refractivity contribution in [3.05, 3.63) is 71.3 Å². The highest BCUT2D eigenvalue weighted by Gasteiger charge is 2.35. The van der Waals surface area contributed by atoms with Crippen molar-refractivity contribution >= 4 is 40.9 Å². The third-order valence-corrected chi connectivity index (χ3v) is 3.68. The van der Waals surface area contributed by atoms with Crippen LogP contribution in [0.3, 0.4) is 0 Å². The Balaban J connectivity index is 2.07. The number of carbonyl (C=O) groups excluding carboxylic acids is 2. The highest BCUT2D eigenvalue weighted by Crippen LogP contribution is 2.24. The Bertz CT molecular complexity index is 896. The number of halogens is 2. The lowest BCUT2D eigenvalue weighted by Crippen LogP contribution is -2.54. The first-order valence-corrected chi connectivity index (χ1v) is 7.30. The van der Waals surface area contributed by atoms with Crippen molar-refractivity contribution in [2.45, 2.75) is 0 Å².